The summed E-state index contributed by atoms with van der Waals surface area (Å²) in [4.78, 5) is 39.4. The zero-order chi connectivity index (χ0) is 18.0. The maximum Gasteiger partial charge on any atom is 0.344 e. The number of carbonyl (C=O) groups excluding carboxylic acids is 3. The van der Waals surface area contributed by atoms with Crippen LogP contribution in [0.4, 0.5) is 4.79 Å². The van der Waals surface area contributed by atoms with E-state index in [-0.39, 0.29) is 12.3 Å². The summed E-state index contributed by atoms with van der Waals surface area (Å²) in [5.74, 6) is -0.770. The molecule has 1 atom stereocenters. The third kappa shape index (κ3) is 3.22. The number of fused-ring (bicyclic) bond motifs is 1. The molecule has 1 saturated heterocycles. The first-order valence-corrected chi connectivity index (χ1v) is 8.46. The molecule has 0 radical (unpaired) electrons. The van der Waals surface area contributed by atoms with E-state index in [1.807, 2.05) is 37.4 Å². The SMILES string of the molecule is CC[C@]1(C)NC(=O)N(NC(=O)CCCc2c[nH]c3ccccc23)C1=O. The highest BCUT2D eigenvalue weighted by Gasteiger charge is 2.47. The van der Waals surface area contributed by atoms with E-state index in [1.54, 1.807) is 6.92 Å². The molecule has 0 bridgehead atoms. The molecule has 1 aliphatic rings. The molecule has 0 spiro atoms. The summed E-state index contributed by atoms with van der Waals surface area (Å²) in [6.45, 7) is 3.46. The smallest absolute Gasteiger partial charge is 0.344 e. The van der Waals surface area contributed by atoms with E-state index in [2.05, 4.69) is 15.7 Å². The first-order valence-electron chi connectivity index (χ1n) is 8.46. The number of para-hydroxylation sites is 1. The fourth-order valence-corrected chi connectivity index (χ4v) is 2.98. The highest BCUT2D eigenvalue weighted by molar-refractivity contribution is 6.07. The molecule has 7 nitrogen and oxygen atoms in total. The van der Waals surface area contributed by atoms with Crippen LogP contribution in [-0.4, -0.2) is 33.4 Å². The molecule has 3 rings (SSSR count). The van der Waals surface area contributed by atoms with Gasteiger partial charge >= 0.3 is 6.03 Å². The van der Waals surface area contributed by atoms with Crippen molar-refractivity contribution in [3.05, 3.63) is 36.0 Å². The number of hydrogen-bond acceptors (Lipinski definition) is 3. The van der Waals surface area contributed by atoms with Crippen LogP contribution < -0.4 is 10.7 Å². The molecular weight excluding hydrogens is 320 g/mol. The van der Waals surface area contributed by atoms with Crippen molar-refractivity contribution in [2.45, 2.75) is 45.1 Å². The average Bonchev–Trinajstić information content (AvgIpc) is 3.10. The zero-order valence-corrected chi connectivity index (χ0v) is 14.4. The third-order valence-electron chi connectivity index (χ3n) is 4.73. The maximum absolute atomic E-state index is 12.2. The molecule has 2 aromatic rings. The minimum Gasteiger partial charge on any atom is -0.361 e. The van der Waals surface area contributed by atoms with Gasteiger partial charge in [-0.1, -0.05) is 25.1 Å². The van der Waals surface area contributed by atoms with Crippen LogP contribution in [0.2, 0.25) is 0 Å². The second kappa shape index (κ2) is 6.58. The van der Waals surface area contributed by atoms with Crippen LogP contribution in [0.1, 0.15) is 38.7 Å². The van der Waals surface area contributed by atoms with Crippen LogP contribution >= 0.6 is 0 Å². The Morgan fingerprint density at radius 1 is 1.28 bits per heavy atom. The van der Waals surface area contributed by atoms with E-state index in [1.165, 1.54) is 0 Å². The van der Waals surface area contributed by atoms with Crippen molar-refractivity contribution in [2.24, 2.45) is 0 Å². The number of aromatic amines is 1. The van der Waals surface area contributed by atoms with E-state index in [9.17, 15) is 14.4 Å². The summed E-state index contributed by atoms with van der Waals surface area (Å²) in [5, 5.41) is 4.54. The monoisotopic (exact) mass is 342 g/mol. The largest absolute Gasteiger partial charge is 0.361 e. The predicted molar refractivity (Wildman–Crippen MR) is 93.5 cm³/mol. The van der Waals surface area contributed by atoms with Gasteiger partial charge < -0.3 is 10.3 Å². The zero-order valence-electron chi connectivity index (χ0n) is 14.4. The average molecular weight is 342 g/mol. The summed E-state index contributed by atoms with van der Waals surface area (Å²) < 4.78 is 0. The van der Waals surface area contributed by atoms with Crippen molar-refractivity contribution in [1.82, 2.24) is 20.7 Å². The number of hydrazine groups is 1. The number of benzene rings is 1. The fraction of sp³-hybridized carbons (Fsp3) is 0.389. The topological polar surface area (TPSA) is 94.3 Å². The number of nitrogens with zero attached hydrogens (tertiary/aromatic N) is 1. The van der Waals surface area contributed by atoms with E-state index in [0.29, 0.717) is 12.8 Å². The van der Waals surface area contributed by atoms with Gasteiger partial charge in [-0.2, -0.15) is 5.01 Å². The maximum atomic E-state index is 12.2. The standard InChI is InChI=1S/C18H22N4O3/c1-3-18(2)16(24)22(17(25)20-18)21-15(23)10-6-7-12-11-19-14-9-5-4-8-13(12)14/h4-5,8-9,11,19H,3,6-7,10H2,1-2H3,(H,20,25)(H,21,23)/t18-/m0/s1. The van der Waals surface area contributed by atoms with Gasteiger partial charge in [0, 0.05) is 23.5 Å². The van der Waals surface area contributed by atoms with Crippen LogP contribution in [0.15, 0.2) is 30.5 Å². The number of rotatable bonds is 6. The van der Waals surface area contributed by atoms with E-state index in [4.69, 9.17) is 0 Å². The van der Waals surface area contributed by atoms with Gasteiger partial charge in [0.25, 0.3) is 5.91 Å². The van der Waals surface area contributed by atoms with Crippen LogP contribution in [0.3, 0.4) is 0 Å². The van der Waals surface area contributed by atoms with Crippen LogP contribution in [-0.2, 0) is 16.0 Å². The number of carbonyl (C=O) groups is 3. The number of amides is 4. The Kier molecular flexibility index (Phi) is 4.48. The van der Waals surface area contributed by atoms with Crippen molar-refractivity contribution in [3.63, 3.8) is 0 Å². The van der Waals surface area contributed by atoms with Gasteiger partial charge in [-0.25, -0.2) is 4.79 Å². The summed E-state index contributed by atoms with van der Waals surface area (Å²) in [6, 6.07) is 7.42. The number of H-pyrrole nitrogens is 1. The van der Waals surface area contributed by atoms with Crippen molar-refractivity contribution < 1.29 is 14.4 Å². The number of aryl methyl sites for hydroxylation is 1. The number of urea groups is 1. The van der Waals surface area contributed by atoms with E-state index in [0.717, 1.165) is 27.9 Å². The van der Waals surface area contributed by atoms with Crippen LogP contribution in [0.25, 0.3) is 10.9 Å². The minimum atomic E-state index is -0.950. The summed E-state index contributed by atoms with van der Waals surface area (Å²) in [7, 11) is 0. The molecule has 4 amide bonds. The Balaban J connectivity index is 1.53. The number of imide groups is 1. The molecule has 0 aliphatic carbocycles. The fourth-order valence-electron chi connectivity index (χ4n) is 2.98. The van der Waals surface area contributed by atoms with Crippen molar-refractivity contribution in [2.75, 3.05) is 0 Å². The van der Waals surface area contributed by atoms with Gasteiger partial charge in [-0.15, -0.1) is 0 Å². The molecule has 3 N–H and O–H groups in total. The van der Waals surface area contributed by atoms with Crippen molar-refractivity contribution in [3.8, 4) is 0 Å². The molecule has 132 valence electrons. The minimum absolute atomic E-state index is 0.236. The van der Waals surface area contributed by atoms with Gasteiger partial charge in [0.2, 0.25) is 5.91 Å². The third-order valence-corrected chi connectivity index (χ3v) is 4.73. The highest BCUT2D eigenvalue weighted by Crippen LogP contribution is 2.20. The van der Waals surface area contributed by atoms with E-state index < -0.39 is 17.5 Å². The Morgan fingerprint density at radius 3 is 2.76 bits per heavy atom. The lowest BCUT2D eigenvalue weighted by Gasteiger charge is -2.19. The molecule has 1 aromatic carbocycles. The van der Waals surface area contributed by atoms with Crippen LogP contribution in [0, 0.1) is 0 Å². The van der Waals surface area contributed by atoms with Gasteiger partial charge in [-0.05, 0) is 37.8 Å². The Bertz CT molecular complexity index is 829. The lowest BCUT2D eigenvalue weighted by molar-refractivity contribution is -0.138. The lowest BCUT2D eigenvalue weighted by Crippen LogP contribution is -2.48. The second-order valence-corrected chi connectivity index (χ2v) is 6.50. The molecule has 2 heterocycles. The highest BCUT2D eigenvalue weighted by atomic mass is 16.2. The van der Waals surface area contributed by atoms with Gasteiger partial charge in [0.1, 0.15) is 5.54 Å². The molecule has 25 heavy (non-hydrogen) atoms. The van der Waals surface area contributed by atoms with Crippen molar-refractivity contribution in [1.29, 1.82) is 0 Å². The molecule has 0 unspecified atom stereocenters. The molecule has 1 aliphatic heterocycles. The molecular formula is C18H22N4O3. The summed E-state index contributed by atoms with van der Waals surface area (Å²) >= 11 is 0. The normalized spacial score (nSPS) is 20.2. The number of nitrogens with one attached hydrogen (secondary N) is 3. The molecule has 0 saturated carbocycles. The first-order chi connectivity index (χ1) is 11.9. The lowest BCUT2D eigenvalue weighted by atomic mass is 10.00. The molecule has 1 fully saturated rings. The van der Waals surface area contributed by atoms with Gasteiger partial charge in [0.05, 0.1) is 0 Å². The number of aromatic nitrogens is 1. The molecule has 1 aromatic heterocycles. The Hall–Kier alpha value is -2.83. The van der Waals surface area contributed by atoms with Gasteiger partial charge in [-0.3, -0.25) is 15.0 Å². The van der Waals surface area contributed by atoms with Crippen molar-refractivity contribution >= 4 is 28.7 Å². The van der Waals surface area contributed by atoms with Crippen LogP contribution in [0.5, 0.6) is 0 Å². The molecule has 7 heteroatoms. The van der Waals surface area contributed by atoms with E-state index >= 15 is 0 Å². The Labute approximate surface area is 145 Å². The summed E-state index contributed by atoms with van der Waals surface area (Å²) in [5.41, 5.74) is 3.68. The summed E-state index contributed by atoms with van der Waals surface area (Å²) in [6.07, 6.45) is 4.02. The predicted octanol–water partition coefficient (Wildman–Crippen LogP) is 2.24. The number of hydrogen-bond donors (Lipinski definition) is 3. The quantitative estimate of drug-likeness (QED) is 0.703. The van der Waals surface area contributed by atoms with Gasteiger partial charge in [0.15, 0.2) is 0 Å². The second-order valence-electron chi connectivity index (χ2n) is 6.50. The first kappa shape index (κ1) is 17.0. The Morgan fingerprint density at radius 2 is 2.04 bits per heavy atom.